The Kier molecular flexibility index (Phi) is 4.18. The monoisotopic (exact) mass is 328 g/mol. The molecule has 0 aliphatic carbocycles. The smallest absolute Gasteiger partial charge is 0.277 e. The Morgan fingerprint density at radius 2 is 2.12 bits per heavy atom. The Bertz CT molecular complexity index is 796. The molecule has 1 aromatic heterocycles. The number of furan rings is 1. The molecule has 1 aliphatic heterocycles. The molecule has 5 heteroatoms. The first-order valence-corrected chi connectivity index (χ1v) is 7.95. The van der Waals surface area contributed by atoms with Gasteiger partial charge < -0.3 is 19.5 Å². The lowest BCUT2D eigenvalue weighted by molar-refractivity contribution is 0.325. The quantitative estimate of drug-likeness (QED) is 0.833. The Labute approximate surface area is 141 Å². The Balaban J connectivity index is 2.17. The van der Waals surface area contributed by atoms with Crippen LogP contribution in [0.15, 0.2) is 46.5 Å². The van der Waals surface area contributed by atoms with Gasteiger partial charge in [-0.2, -0.15) is 4.39 Å². The molecule has 4 nitrogen and oxygen atoms in total. The molecule has 0 bridgehead atoms. The van der Waals surface area contributed by atoms with Gasteiger partial charge in [0, 0.05) is 42.0 Å². The van der Waals surface area contributed by atoms with E-state index in [1.165, 1.54) is 12.3 Å². The minimum absolute atomic E-state index is 0.429. The molecule has 2 aromatic rings. The fourth-order valence-electron chi connectivity index (χ4n) is 3.56. The molecule has 0 fully saturated rings. The molecule has 0 amide bonds. The topological polar surface area (TPSA) is 49.5 Å². The van der Waals surface area contributed by atoms with Gasteiger partial charge in [-0.3, -0.25) is 0 Å². The minimum Gasteiger partial charge on any atom is -0.497 e. The van der Waals surface area contributed by atoms with Gasteiger partial charge in [-0.15, -0.1) is 0 Å². The zero-order chi connectivity index (χ0) is 17.3. The van der Waals surface area contributed by atoms with Crippen molar-refractivity contribution in [2.75, 3.05) is 18.6 Å². The van der Waals surface area contributed by atoms with Crippen molar-refractivity contribution >= 4 is 11.9 Å². The van der Waals surface area contributed by atoms with Crippen LogP contribution in [0.1, 0.15) is 25.2 Å². The number of nitrogens with zero attached hydrogens (tertiary/aromatic N) is 1. The van der Waals surface area contributed by atoms with E-state index < -0.39 is 11.4 Å². The number of halogens is 1. The summed E-state index contributed by atoms with van der Waals surface area (Å²) in [6.45, 7) is 4.95. The molecule has 24 heavy (non-hydrogen) atoms. The molecular weight excluding hydrogens is 307 g/mol. The van der Waals surface area contributed by atoms with Crippen molar-refractivity contribution < 1.29 is 13.5 Å². The first-order chi connectivity index (χ1) is 11.5. The van der Waals surface area contributed by atoms with Gasteiger partial charge in [0.05, 0.1) is 7.11 Å². The summed E-state index contributed by atoms with van der Waals surface area (Å²) in [6, 6.07) is 8.39. The number of allylic oxidation sites excluding steroid dienone is 2. The minimum atomic E-state index is -0.581. The molecule has 0 saturated heterocycles. The molecule has 1 unspecified atom stereocenters. The van der Waals surface area contributed by atoms with Gasteiger partial charge in [-0.1, -0.05) is 0 Å². The molecular formula is C19H21FN2O2. The number of hydrogen-bond donors (Lipinski definition) is 1. The van der Waals surface area contributed by atoms with Crippen LogP contribution in [0.3, 0.4) is 0 Å². The maximum absolute atomic E-state index is 13.3. The van der Waals surface area contributed by atoms with E-state index in [-0.39, 0.29) is 0 Å². The normalized spacial score (nSPS) is 21.2. The molecule has 1 aromatic carbocycles. The molecule has 0 saturated carbocycles. The number of rotatable bonds is 5. The van der Waals surface area contributed by atoms with Crippen molar-refractivity contribution in [1.82, 2.24) is 0 Å². The number of anilines is 1. The van der Waals surface area contributed by atoms with Gasteiger partial charge in [0.1, 0.15) is 11.5 Å². The lowest BCUT2D eigenvalue weighted by Crippen LogP contribution is -2.30. The fraction of sp³-hybridized carbons (Fsp3) is 0.316. The molecule has 0 radical (unpaired) electrons. The van der Waals surface area contributed by atoms with E-state index in [0.29, 0.717) is 12.2 Å². The number of benzene rings is 1. The molecule has 1 aliphatic rings. The van der Waals surface area contributed by atoms with Gasteiger partial charge in [0.2, 0.25) is 0 Å². The van der Waals surface area contributed by atoms with Crippen LogP contribution in [0.4, 0.5) is 10.1 Å². The van der Waals surface area contributed by atoms with Crippen molar-refractivity contribution in [2.24, 2.45) is 0 Å². The van der Waals surface area contributed by atoms with E-state index >= 15 is 0 Å². The van der Waals surface area contributed by atoms with Crippen LogP contribution < -0.4 is 9.64 Å². The van der Waals surface area contributed by atoms with E-state index in [2.05, 4.69) is 18.7 Å². The third kappa shape index (κ3) is 2.50. The highest BCUT2D eigenvalue weighted by molar-refractivity contribution is 5.79. The summed E-state index contributed by atoms with van der Waals surface area (Å²) < 4.78 is 23.8. The zero-order valence-corrected chi connectivity index (χ0v) is 14.1. The highest BCUT2D eigenvalue weighted by atomic mass is 19.1. The molecule has 1 N–H and O–H groups in total. The van der Waals surface area contributed by atoms with Crippen LogP contribution in [0.2, 0.25) is 0 Å². The average molecular weight is 328 g/mol. The number of methoxy groups -OCH3 is 1. The lowest BCUT2D eigenvalue weighted by Gasteiger charge is -2.29. The summed E-state index contributed by atoms with van der Waals surface area (Å²) in [5.74, 6) is 1.36. The summed E-state index contributed by atoms with van der Waals surface area (Å²) in [7, 11) is 1.64. The van der Waals surface area contributed by atoms with Crippen molar-refractivity contribution in [3.8, 4) is 5.75 Å². The van der Waals surface area contributed by atoms with Crippen molar-refractivity contribution in [3.05, 3.63) is 59.4 Å². The van der Waals surface area contributed by atoms with Gasteiger partial charge >= 0.3 is 0 Å². The van der Waals surface area contributed by atoms with Crippen LogP contribution in [0, 0.1) is 11.4 Å². The van der Waals surface area contributed by atoms with Crippen molar-refractivity contribution in [1.29, 1.82) is 5.41 Å². The largest absolute Gasteiger partial charge is 0.497 e. The summed E-state index contributed by atoms with van der Waals surface area (Å²) in [5.41, 5.74) is 2.75. The maximum Gasteiger partial charge on any atom is 0.277 e. The van der Waals surface area contributed by atoms with E-state index in [4.69, 9.17) is 14.6 Å². The van der Waals surface area contributed by atoms with Crippen LogP contribution in [0.5, 0.6) is 5.75 Å². The molecule has 1 atom stereocenters. The Morgan fingerprint density at radius 3 is 2.71 bits per heavy atom. The van der Waals surface area contributed by atoms with Crippen LogP contribution in [-0.4, -0.2) is 19.9 Å². The lowest BCUT2D eigenvalue weighted by atomic mass is 9.77. The second-order valence-electron chi connectivity index (χ2n) is 6.06. The predicted octanol–water partition coefficient (Wildman–Crippen LogP) is 4.30. The van der Waals surface area contributed by atoms with E-state index in [1.807, 2.05) is 18.2 Å². The second kappa shape index (κ2) is 6.15. The summed E-state index contributed by atoms with van der Waals surface area (Å²) in [4.78, 5) is 2.18. The van der Waals surface area contributed by atoms with E-state index in [9.17, 15) is 4.39 Å². The van der Waals surface area contributed by atoms with E-state index in [0.717, 1.165) is 29.2 Å². The zero-order valence-electron chi connectivity index (χ0n) is 14.1. The number of likely N-dealkylation sites (N-methyl/N-ethyl adjacent to an activating group) is 1. The fourth-order valence-corrected chi connectivity index (χ4v) is 3.56. The standard InChI is InChI=1S/C19H21FN2O2/c1-4-22-16-7-5-13(23-3)11-15(16)19(2,17(22)9-10-21)12-14-6-8-18(20)24-14/h5-11,21H,4,12H2,1-3H3/b17-9-,21-10?. The molecule has 0 spiro atoms. The summed E-state index contributed by atoms with van der Waals surface area (Å²) in [6.07, 6.45) is 3.60. The van der Waals surface area contributed by atoms with E-state index in [1.54, 1.807) is 19.3 Å². The molecule has 126 valence electrons. The van der Waals surface area contributed by atoms with Crippen LogP contribution >= 0.6 is 0 Å². The third-order valence-electron chi connectivity index (χ3n) is 4.66. The third-order valence-corrected chi connectivity index (χ3v) is 4.66. The van der Waals surface area contributed by atoms with Crippen molar-refractivity contribution in [3.63, 3.8) is 0 Å². The summed E-state index contributed by atoms with van der Waals surface area (Å²) in [5, 5.41) is 7.54. The SMILES string of the molecule is CCN1/C(=C\C=N)C(C)(Cc2ccc(F)o2)c2cc(OC)ccc21. The van der Waals surface area contributed by atoms with Gasteiger partial charge in [-0.05, 0) is 49.8 Å². The second-order valence-corrected chi connectivity index (χ2v) is 6.06. The Hall–Kier alpha value is -2.56. The highest BCUT2D eigenvalue weighted by Gasteiger charge is 2.44. The van der Waals surface area contributed by atoms with Crippen LogP contribution in [-0.2, 0) is 11.8 Å². The predicted molar refractivity (Wildman–Crippen MR) is 92.6 cm³/mol. The average Bonchev–Trinajstić information content (AvgIpc) is 3.08. The molecule has 3 rings (SSSR count). The molecule has 2 heterocycles. The first kappa shape index (κ1) is 16.3. The number of hydrogen-bond acceptors (Lipinski definition) is 4. The number of ether oxygens (including phenoxy) is 1. The van der Waals surface area contributed by atoms with Crippen molar-refractivity contribution in [2.45, 2.75) is 25.7 Å². The Morgan fingerprint density at radius 1 is 1.33 bits per heavy atom. The summed E-state index contributed by atoms with van der Waals surface area (Å²) >= 11 is 0. The van der Waals surface area contributed by atoms with Gasteiger partial charge in [0.15, 0.2) is 0 Å². The van der Waals surface area contributed by atoms with Crippen LogP contribution in [0.25, 0.3) is 0 Å². The first-order valence-electron chi connectivity index (χ1n) is 7.95. The number of nitrogens with one attached hydrogen (secondary N) is 1. The van der Waals surface area contributed by atoms with Gasteiger partial charge in [0.25, 0.3) is 6.01 Å². The highest BCUT2D eigenvalue weighted by Crippen LogP contribution is 2.50. The maximum atomic E-state index is 13.3. The number of fused-ring (bicyclic) bond motifs is 1. The van der Waals surface area contributed by atoms with Gasteiger partial charge in [-0.25, -0.2) is 0 Å².